The molecule has 12 heteroatoms. The lowest BCUT2D eigenvalue weighted by molar-refractivity contribution is 0.165. The van der Waals surface area contributed by atoms with Crippen LogP contribution in [0.5, 0.6) is 6.01 Å². The summed E-state index contributed by atoms with van der Waals surface area (Å²) in [6.45, 7) is 7.48. The first-order valence-electron chi connectivity index (χ1n) is 13.8. The summed E-state index contributed by atoms with van der Waals surface area (Å²) in [5.41, 5.74) is 6.49. The number of halogens is 3. The Labute approximate surface area is 245 Å². The molecule has 4 heterocycles. The largest absolute Gasteiger partial charge is 0.462 e. The van der Waals surface area contributed by atoms with Crippen LogP contribution in [-0.4, -0.2) is 66.8 Å². The number of fused-ring (bicyclic) bond motifs is 2. The molecule has 2 aromatic carbocycles. The van der Waals surface area contributed by atoms with Crippen LogP contribution in [0.2, 0.25) is 5.02 Å². The van der Waals surface area contributed by atoms with Gasteiger partial charge < -0.3 is 20.7 Å². The number of anilines is 2. The van der Waals surface area contributed by atoms with Gasteiger partial charge in [0.25, 0.3) is 0 Å². The van der Waals surface area contributed by atoms with Gasteiger partial charge in [-0.05, 0) is 50.0 Å². The van der Waals surface area contributed by atoms with Crippen LogP contribution in [0.4, 0.5) is 19.6 Å². The number of rotatable bonds is 7. The highest BCUT2D eigenvalue weighted by Gasteiger charge is 2.28. The highest BCUT2D eigenvalue weighted by Crippen LogP contribution is 2.45. The number of benzene rings is 2. The van der Waals surface area contributed by atoms with Gasteiger partial charge >= 0.3 is 6.01 Å². The monoisotopic (exact) mass is 597 g/mol. The van der Waals surface area contributed by atoms with Crippen LogP contribution in [0.15, 0.2) is 18.2 Å². The van der Waals surface area contributed by atoms with E-state index in [0.717, 1.165) is 56.8 Å². The van der Waals surface area contributed by atoms with Gasteiger partial charge in [-0.3, -0.25) is 4.90 Å². The Morgan fingerprint density at radius 1 is 1.24 bits per heavy atom. The lowest BCUT2D eigenvalue weighted by atomic mass is 9.97. The summed E-state index contributed by atoms with van der Waals surface area (Å²) >= 11 is 7.71. The van der Waals surface area contributed by atoms with Crippen LogP contribution in [0, 0.1) is 23.0 Å². The van der Waals surface area contributed by atoms with Crippen LogP contribution >= 0.6 is 22.9 Å². The summed E-state index contributed by atoms with van der Waals surface area (Å²) in [4.78, 5) is 13.8. The lowest BCUT2D eigenvalue weighted by Crippen LogP contribution is -2.44. The summed E-state index contributed by atoms with van der Waals surface area (Å²) in [5, 5.41) is 14.1. The van der Waals surface area contributed by atoms with Crippen LogP contribution < -0.4 is 20.7 Å². The zero-order valence-electron chi connectivity index (χ0n) is 22.6. The summed E-state index contributed by atoms with van der Waals surface area (Å²) in [6.07, 6.45) is 3.20. The van der Waals surface area contributed by atoms with Crippen molar-refractivity contribution < 1.29 is 13.5 Å². The SMILES string of the molecule is CCCN1CCC[C@H]1COc1nc(N2CCNCC2)c2cc(Cl)c(-c3ccc(F)c4sc(N)c(C#N)c34)c(F)c2n1. The Morgan fingerprint density at radius 2 is 2.05 bits per heavy atom. The molecule has 0 unspecified atom stereocenters. The minimum atomic E-state index is -0.689. The molecule has 41 heavy (non-hydrogen) atoms. The Kier molecular flexibility index (Phi) is 7.83. The summed E-state index contributed by atoms with van der Waals surface area (Å²) in [6, 6.07) is 6.70. The fourth-order valence-electron chi connectivity index (χ4n) is 5.93. The molecule has 0 amide bonds. The molecular weight excluding hydrogens is 568 g/mol. The van der Waals surface area contributed by atoms with E-state index in [2.05, 4.69) is 27.0 Å². The molecule has 0 saturated carbocycles. The first-order valence-corrected chi connectivity index (χ1v) is 15.0. The second-order valence-corrected chi connectivity index (χ2v) is 11.9. The molecular formula is C29H30ClF2N7OS. The number of piperazine rings is 1. The third kappa shape index (κ3) is 5.03. The Morgan fingerprint density at radius 3 is 2.80 bits per heavy atom. The molecule has 4 aromatic rings. The smallest absolute Gasteiger partial charge is 0.319 e. The number of nitriles is 1. The minimum absolute atomic E-state index is 0.0271. The normalized spacial score (nSPS) is 17.9. The minimum Gasteiger partial charge on any atom is -0.462 e. The molecule has 0 aliphatic carbocycles. The topological polar surface area (TPSA) is 103 Å². The second kappa shape index (κ2) is 11.5. The number of aromatic nitrogens is 2. The van der Waals surface area contributed by atoms with E-state index in [-0.39, 0.29) is 54.4 Å². The van der Waals surface area contributed by atoms with Crippen LogP contribution in [-0.2, 0) is 0 Å². The fourth-order valence-corrected chi connectivity index (χ4v) is 7.18. The van der Waals surface area contributed by atoms with Gasteiger partial charge in [0.1, 0.15) is 34.8 Å². The Bertz CT molecular complexity index is 1670. The highest BCUT2D eigenvalue weighted by molar-refractivity contribution is 7.23. The molecule has 2 aliphatic rings. The summed E-state index contributed by atoms with van der Waals surface area (Å²) in [7, 11) is 0. The van der Waals surface area contributed by atoms with Crippen molar-refractivity contribution in [3.05, 3.63) is 40.4 Å². The van der Waals surface area contributed by atoms with Crippen molar-refractivity contribution in [2.24, 2.45) is 0 Å². The van der Waals surface area contributed by atoms with E-state index in [1.165, 1.54) is 12.1 Å². The average Bonchev–Trinajstić information content (AvgIpc) is 3.57. The van der Waals surface area contributed by atoms with E-state index in [1.807, 2.05) is 6.07 Å². The van der Waals surface area contributed by atoms with Crippen molar-refractivity contribution in [3.63, 3.8) is 0 Å². The predicted molar refractivity (Wildman–Crippen MR) is 160 cm³/mol. The molecule has 0 radical (unpaired) electrons. The maximum absolute atomic E-state index is 16.6. The van der Waals surface area contributed by atoms with Gasteiger partial charge in [-0.15, -0.1) is 11.3 Å². The number of hydrogen-bond acceptors (Lipinski definition) is 9. The molecule has 8 nitrogen and oxygen atoms in total. The van der Waals surface area contributed by atoms with Gasteiger partial charge in [0.15, 0.2) is 5.82 Å². The van der Waals surface area contributed by atoms with Gasteiger partial charge in [-0.1, -0.05) is 24.6 Å². The van der Waals surface area contributed by atoms with Crippen molar-refractivity contribution in [1.29, 1.82) is 5.26 Å². The number of thiophene rings is 1. The maximum atomic E-state index is 16.6. The van der Waals surface area contributed by atoms with Gasteiger partial charge in [-0.2, -0.15) is 15.2 Å². The molecule has 2 aliphatic heterocycles. The number of nitrogens with zero attached hydrogens (tertiary/aromatic N) is 5. The lowest BCUT2D eigenvalue weighted by Gasteiger charge is -2.30. The number of nitrogen functional groups attached to an aromatic ring is 1. The molecule has 2 saturated heterocycles. The van der Waals surface area contributed by atoms with Crippen molar-refractivity contribution in [3.8, 4) is 23.2 Å². The molecule has 6 rings (SSSR count). The standard InChI is InChI=1S/C29H30ClF2N7OS/c1-2-9-38-10-3-4-16(38)15-40-29-36-25-18(28(37-29)39-11-7-35-8-12-39)13-20(30)23(24(25)32)17-5-6-21(31)26-22(17)19(14-33)27(34)41-26/h5-6,13,16,35H,2-4,7-12,15,34H2,1H3/t16-/m0/s1. The molecule has 214 valence electrons. The van der Waals surface area contributed by atoms with Crippen LogP contribution in [0.3, 0.4) is 0 Å². The fraction of sp³-hybridized carbons (Fsp3) is 0.414. The first kappa shape index (κ1) is 27.8. The molecule has 0 spiro atoms. The van der Waals surface area contributed by atoms with Gasteiger partial charge in [0, 0.05) is 48.6 Å². The summed E-state index contributed by atoms with van der Waals surface area (Å²) in [5.74, 6) is -0.675. The summed E-state index contributed by atoms with van der Waals surface area (Å²) < 4.78 is 37.7. The van der Waals surface area contributed by atoms with E-state index < -0.39 is 11.6 Å². The van der Waals surface area contributed by atoms with Gasteiger partial charge in [0.2, 0.25) is 0 Å². The van der Waals surface area contributed by atoms with Crippen LogP contribution in [0.1, 0.15) is 31.7 Å². The van der Waals surface area contributed by atoms with E-state index in [9.17, 15) is 9.65 Å². The number of likely N-dealkylation sites (tertiary alicyclic amines) is 1. The third-order valence-corrected chi connectivity index (χ3v) is 9.20. The third-order valence-electron chi connectivity index (χ3n) is 7.87. The maximum Gasteiger partial charge on any atom is 0.319 e. The van der Waals surface area contributed by atoms with Crippen molar-refractivity contribution in [2.45, 2.75) is 32.2 Å². The number of nitrogens with one attached hydrogen (secondary N) is 1. The van der Waals surface area contributed by atoms with Crippen molar-refractivity contribution >= 4 is 54.7 Å². The zero-order valence-corrected chi connectivity index (χ0v) is 24.2. The van der Waals surface area contributed by atoms with Gasteiger partial charge in [0.05, 0.1) is 15.3 Å². The number of hydrogen-bond donors (Lipinski definition) is 2. The van der Waals surface area contributed by atoms with E-state index in [0.29, 0.717) is 30.9 Å². The number of ether oxygens (including phenoxy) is 1. The van der Waals surface area contributed by atoms with Crippen molar-refractivity contribution in [2.75, 3.05) is 56.5 Å². The predicted octanol–water partition coefficient (Wildman–Crippen LogP) is 5.56. The molecule has 1 atom stereocenters. The van der Waals surface area contributed by atoms with E-state index in [4.69, 9.17) is 27.1 Å². The molecule has 2 fully saturated rings. The zero-order chi connectivity index (χ0) is 28.7. The Hall–Kier alpha value is -3.30. The first-order chi connectivity index (χ1) is 19.9. The average molecular weight is 598 g/mol. The second-order valence-electron chi connectivity index (χ2n) is 10.4. The van der Waals surface area contributed by atoms with E-state index >= 15 is 4.39 Å². The Balaban J connectivity index is 1.50. The van der Waals surface area contributed by atoms with Crippen LogP contribution in [0.25, 0.3) is 32.1 Å². The van der Waals surface area contributed by atoms with Crippen molar-refractivity contribution in [1.82, 2.24) is 20.2 Å². The molecule has 2 aromatic heterocycles. The quantitative estimate of drug-likeness (QED) is 0.285. The molecule has 3 N–H and O–H groups in total. The van der Waals surface area contributed by atoms with Gasteiger partial charge in [-0.25, -0.2) is 8.78 Å². The highest BCUT2D eigenvalue weighted by atomic mass is 35.5. The number of nitrogens with two attached hydrogens (primary N) is 1. The molecule has 0 bridgehead atoms. The van der Waals surface area contributed by atoms with E-state index in [1.54, 1.807) is 6.07 Å².